The van der Waals surface area contributed by atoms with Gasteiger partial charge in [0.25, 0.3) is 5.91 Å². The number of urea groups is 1. The Morgan fingerprint density at radius 3 is 2.60 bits per heavy atom. The summed E-state index contributed by atoms with van der Waals surface area (Å²) in [5, 5.41) is 12.7. The minimum Gasteiger partial charge on any atom is -0.478 e. The Balaban J connectivity index is 2.54. The fourth-order valence-electron chi connectivity index (χ4n) is 1.39. The van der Waals surface area contributed by atoms with E-state index in [4.69, 9.17) is 5.11 Å². The molecule has 20 heavy (non-hydrogen) atoms. The van der Waals surface area contributed by atoms with E-state index in [0.29, 0.717) is 11.6 Å². The van der Waals surface area contributed by atoms with E-state index in [0.717, 1.165) is 6.08 Å². The van der Waals surface area contributed by atoms with Gasteiger partial charge in [0.1, 0.15) is 5.82 Å². The number of imide groups is 1. The highest BCUT2D eigenvalue weighted by atomic mass is 19.1. The number of aliphatic carboxylic acids is 1. The Hall–Kier alpha value is -2.70. The van der Waals surface area contributed by atoms with Crippen molar-refractivity contribution < 1.29 is 23.9 Å². The van der Waals surface area contributed by atoms with Gasteiger partial charge in [-0.15, -0.1) is 0 Å². The van der Waals surface area contributed by atoms with E-state index >= 15 is 0 Å². The number of carbonyl (C=O) groups excluding carboxylic acids is 2. The molecule has 0 aliphatic rings. The molecule has 7 heteroatoms. The number of benzene rings is 1. The van der Waals surface area contributed by atoms with Crippen molar-refractivity contribution in [2.75, 3.05) is 0 Å². The van der Waals surface area contributed by atoms with Crippen molar-refractivity contribution in [1.82, 2.24) is 10.6 Å². The van der Waals surface area contributed by atoms with Gasteiger partial charge >= 0.3 is 12.0 Å². The molecule has 0 spiro atoms. The Morgan fingerprint density at radius 2 is 2.00 bits per heavy atom. The summed E-state index contributed by atoms with van der Waals surface area (Å²) in [7, 11) is 0. The molecule has 6 nitrogen and oxygen atoms in total. The lowest BCUT2D eigenvalue weighted by molar-refractivity contribution is -0.131. The number of carbonyl (C=O) groups is 3. The molecule has 106 valence electrons. The topological polar surface area (TPSA) is 95.5 Å². The first kappa shape index (κ1) is 15.4. The molecule has 1 aromatic rings. The van der Waals surface area contributed by atoms with Crippen LogP contribution in [0.4, 0.5) is 9.18 Å². The molecule has 0 aliphatic carbocycles. The zero-order valence-electron chi connectivity index (χ0n) is 10.6. The van der Waals surface area contributed by atoms with E-state index in [2.05, 4.69) is 5.32 Å². The zero-order valence-corrected chi connectivity index (χ0v) is 10.6. The molecule has 0 fully saturated rings. The summed E-state index contributed by atoms with van der Waals surface area (Å²) in [6, 6.07) is 4.35. The fourth-order valence-corrected chi connectivity index (χ4v) is 1.39. The lowest BCUT2D eigenvalue weighted by Gasteiger charge is -2.14. The molecule has 1 unspecified atom stereocenters. The largest absolute Gasteiger partial charge is 0.478 e. The van der Waals surface area contributed by atoms with Crippen LogP contribution in [0.15, 0.2) is 36.4 Å². The van der Waals surface area contributed by atoms with Gasteiger partial charge in [0, 0.05) is 12.2 Å². The highest BCUT2D eigenvalue weighted by Gasteiger charge is 2.11. The second-order valence-corrected chi connectivity index (χ2v) is 3.91. The summed E-state index contributed by atoms with van der Waals surface area (Å²) in [5.41, 5.74) is 0.536. The van der Waals surface area contributed by atoms with Gasteiger partial charge in [-0.2, -0.15) is 0 Å². The number of carboxylic acid groups (broad SMARTS) is 1. The highest BCUT2D eigenvalue weighted by Crippen LogP contribution is 2.12. The molecular weight excluding hydrogens is 267 g/mol. The predicted molar refractivity (Wildman–Crippen MR) is 68.3 cm³/mol. The Kier molecular flexibility index (Phi) is 5.40. The molecule has 1 atom stereocenters. The minimum absolute atomic E-state index is 0.433. The monoisotopic (exact) mass is 280 g/mol. The Bertz CT molecular complexity index is 557. The molecule has 0 aromatic heterocycles. The van der Waals surface area contributed by atoms with Crippen LogP contribution in [-0.4, -0.2) is 23.0 Å². The Morgan fingerprint density at radius 1 is 1.30 bits per heavy atom. The zero-order chi connectivity index (χ0) is 15.1. The number of nitrogens with one attached hydrogen (secondary N) is 2. The maximum Gasteiger partial charge on any atom is 0.328 e. The molecule has 1 aromatic carbocycles. The van der Waals surface area contributed by atoms with E-state index in [1.165, 1.54) is 18.2 Å². The van der Waals surface area contributed by atoms with Crippen LogP contribution < -0.4 is 10.6 Å². The number of hydrogen-bond donors (Lipinski definition) is 3. The maximum absolute atomic E-state index is 13.0. The Labute approximate surface area is 114 Å². The van der Waals surface area contributed by atoms with Crippen LogP contribution in [0.2, 0.25) is 0 Å². The molecule has 0 bridgehead atoms. The third-order valence-electron chi connectivity index (χ3n) is 2.31. The standard InChI is InChI=1S/C13H13FN2O4/c1-8(9-3-2-4-10(14)7-9)15-13(20)16-11(17)5-6-12(18)19/h2-8H,1H3,(H,18,19)(H2,15,16,17,20). The predicted octanol–water partition coefficient (Wildman–Crippen LogP) is 1.35. The van der Waals surface area contributed by atoms with E-state index in [1.54, 1.807) is 13.0 Å². The maximum atomic E-state index is 13.0. The van der Waals surface area contributed by atoms with Gasteiger partial charge in [-0.1, -0.05) is 12.1 Å². The van der Waals surface area contributed by atoms with Crippen LogP contribution >= 0.6 is 0 Å². The summed E-state index contributed by atoms with van der Waals surface area (Å²) in [6.07, 6.45) is 1.33. The van der Waals surface area contributed by atoms with Crippen LogP contribution in [0.3, 0.4) is 0 Å². The summed E-state index contributed by atoms with van der Waals surface area (Å²) < 4.78 is 13.0. The molecule has 3 N–H and O–H groups in total. The van der Waals surface area contributed by atoms with Gasteiger partial charge in [0.2, 0.25) is 0 Å². The lowest BCUT2D eigenvalue weighted by Crippen LogP contribution is -2.39. The summed E-state index contributed by atoms with van der Waals surface area (Å²) in [5.74, 6) is -2.60. The van der Waals surface area contributed by atoms with Gasteiger partial charge in [-0.25, -0.2) is 14.0 Å². The van der Waals surface area contributed by atoms with Crippen molar-refractivity contribution in [3.8, 4) is 0 Å². The van der Waals surface area contributed by atoms with E-state index in [9.17, 15) is 18.8 Å². The highest BCUT2D eigenvalue weighted by molar-refractivity contribution is 6.02. The smallest absolute Gasteiger partial charge is 0.328 e. The van der Waals surface area contributed by atoms with Crippen LogP contribution in [0.5, 0.6) is 0 Å². The number of carboxylic acids is 1. The van der Waals surface area contributed by atoms with Gasteiger partial charge in [-0.3, -0.25) is 10.1 Å². The van der Waals surface area contributed by atoms with Crippen LogP contribution in [0.1, 0.15) is 18.5 Å². The third kappa shape index (κ3) is 5.30. The normalized spacial score (nSPS) is 11.9. The second kappa shape index (κ2) is 7.03. The van der Waals surface area contributed by atoms with Crippen LogP contribution in [0.25, 0.3) is 0 Å². The molecule has 1 rings (SSSR count). The molecule has 0 saturated heterocycles. The number of hydrogen-bond acceptors (Lipinski definition) is 3. The first-order chi connectivity index (χ1) is 9.38. The average molecular weight is 280 g/mol. The first-order valence-electron chi connectivity index (χ1n) is 5.66. The molecule has 0 radical (unpaired) electrons. The fraction of sp³-hybridized carbons (Fsp3) is 0.154. The molecule has 0 saturated carbocycles. The van der Waals surface area contributed by atoms with E-state index in [1.807, 2.05) is 5.32 Å². The van der Waals surface area contributed by atoms with Crippen LogP contribution in [0, 0.1) is 5.82 Å². The molecule has 3 amide bonds. The van der Waals surface area contributed by atoms with Crippen molar-refractivity contribution in [1.29, 1.82) is 0 Å². The van der Waals surface area contributed by atoms with Gasteiger partial charge in [0.15, 0.2) is 0 Å². The molecular formula is C13H13FN2O4. The van der Waals surface area contributed by atoms with Gasteiger partial charge in [0.05, 0.1) is 6.04 Å². The lowest BCUT2D eigenvalue weighted by atomic mass is 10.1. The second-order valence-electron chi connectivity index (χ2n) is 3.91. The van der Waals surface area contributed by atoms with Crippen LogP contribution in [-0.2, 0) is 9.59 Å². The van der Waals surface area contributed by atoms with E-state index < -0.39 is 29.8 Å². The average Bonchev–Trinajstić information content (AvgIpc) is 2.36. The number of amides is 3. The van der Waals surface area contributed by atoms with E-state index in [-0.39, 0.29) is 0 Å². The van der Waals surface area contributed by atoms with Crippen molar-refractivity contribution in [2.24, 2.45) is 0 Å². The van der Waals surface area contributed by atoms with Crippen molar-refractivity contribution >= 4 is 17.9 Å². The molecule has 0 heterocycles. The molecule has 0 aliphatic heterocycles. The quantitative estimate of drug-likeness (QED) is 0.725. The minimum atomic E-state index is -1.30. The first-order valence-corrected chi connectivity index (χ1v) is 5.66. The number of halogens is 1. The summed E-state index contributed by atoms with van der Waals surface area (Å²) in [4.78, 5) is 32.8. The van der Waals surface area contributed by atoms with Crippen molar-refractivity contribution in [3.05, 3.63) is 47.8 Å². The van der Waals surface area contributed by atoms with Crippen molar-refractivity contribution in [3.63, 3.8) is 0 Å². The summed E-state index contributed by atoms with van der Waals surface area (Å²) in [6.45, 7) is 1.62. The van der Waals surface area contributed by atoms with Crippen molar-refractivity contribution in [2.45, 2.75) is 13.0 Å². The SMILES string of the molecule is CC(NC(=O)NC(=O)C=CC(=O)O)c1cccc(F)c1. The third-order valence-corrected chi connectivity index (χ3v) is 2.31. The summed E-state index contributed by atoms with van der Waals surface area (Å²) >= 11 is 0. The number of rotatable bonds is 4. The van der Waals surface area contributed by atoms with Gasteiger partial charge < -0.3 is 10.4 Å². The van der Waals surface area contributed by atoms with Gasteiger partial charge in [-0.05, 0) is 24.6 Å².